The Labute approximate surface area is 71.3 Å². The molecule has 3 nitrogen and oxygen atoms in total. The Morgan fingerprint density at radius 2 is 2.25 bits per heavy atom. The minimum Gasteiger partial charge on any atom is -0.507 e. The second-order valence-corrected chi connectivity index (χ2v) is 2.31. The van der Waals surface area contributed by atoms with Crippen molar-refractivity contribution in [3.8, 4) is 11.5 Å². The van der Waals surface area contributed by atoms with E-state index >= 15 is 0 Å². The fourth-order valence-electron chi connectivity index (χ4n) is 0.902. The monoisotopic (exact) mass is 165 g/mol. The quantitative estimate of drug-likeness (QED) is 0.674. The van der Waals surface area contributed by atoms with Gasteiger partial charge in [-0.25, -0.2) is 0 Å². The first-order valence-electron chi connectivity index (χ1n) is 3.57. The van der Waals surface area contributed by atoms with E-state index in [0.717, 1.165) is 0 Å². The lowest BCUT2D eigenvalue weighted by Gasteiger charge is -2.02. The second-order valence-electron chi connectivity index (χ2n) is 2.31. The van der Waals surface area contributed by atoms with Gasteiger partial charge >= 0.3 is 0 Å². The molecule has 0 amide bonds. The summed E-state index contributed by atoms with van der Waals surface area (Å²) < 4.78 is 4.98. The van der Waals surface area contributed by atoms with Crippen molar-refractivity contribution < 1.29 is 9.84 Å². The molecule has 0 aliphatic heterocycles. The fraction of sp³-hybridized carbons (Fsp3) is 0.222. The number of phenols is 1. The molecule has 0 saturated carbocycles. The van der Waals surface area contributed by atoms with E-state index < -0.39 is 0 Å². The van der Waals surface area contributed by atoms with E-state index in [1.54, 1.807) is 38.6 Å². The van der Waals surface area contributed by atoms with Gasteiger partial charge in [0, 0.05) is 18.8 Å². The van der Waals surface area contributed by atoms with Gasteiger partial charge < -0.3 is 9.84 Å². The normalized spacial score (nSPS) is 10.5. The highest BCUT2D eigenvalue weighted by molar-refractivity contribution is 5.83. The first kappa shape index (κ1) is 8.59. The number of benzene rings is 1. The van der Waals surface area contributed by atoms with Gasteiger partial charge in [0.15, 0.2) is 0 Å². The third-order valence-corrected chi connectivity index (χ3v) is 1.50. The van der Waals surface area contributed by atoms with Gasteiger partial charge in [-0.3, -0.25) is 4.99 Å². The molecule has 0 unspecified atom stereocenters. The maximum absolute atomic E-state index is 9.31. The molecule has 0 saturated heterocycles. The zero-order chi connectivity index (χ0) is 8.97. The zero-order valence-corrected chi connectivity index (χ0v) is 7.11. The lowest BCUT2D eigenvalue weighted by Crippen LogP contribution is -1.86. The Morgan fingerprint density at radius 1 is 1.50 bits per heavy atom. The fourth-order valence-corrected chi connectivity index (χ4v) is 0.902. The number of hydrogen-bond acceptors (Lipinski definition) is 3. The van der Waals surface area contributed by atoms with E-state index in [2.05, 4.69) is 4.99 Å². The van der Waals surface area contributed by atoms with Crippen LogP contribution in [0.1, 0.15) is 5.56 Å². The smallest absolute Gasteiger partial charge is 0.124 e. The van der Waals surface area contributed by atoms with Crippen LogP contribution in [0, 0.1) is 0 Å². The van der Waals surface area contributed by atoms with Crippen LogP contribution < -0.4 is 4.74 Å². The van der Waals surface area contributed by atoms with Crippen molar-refractivity contribution in [2.45, 2.75) is 0 Å². The highest BCUT2D eigenvalue weighted by Gasteiger charge is 1.98. The van der Waals surface area contributed by atoms with Crippen molar-refractivity contribution in [1.29, 1.82) is 0 Å². The first-order valence-corrected chi connectivity index (χ1v) is 3.57. The summed E-state index contributed by atoms with van der Waals surface area (Å²) in [6, 6.07) is 5.00. The number of phenolic OH excluding ortho intramolecular Hbond substituents is 1. The van der Waals surface area contributed by atoms with E-state index in [4.69, 9.17) is 4.74 Å². The van der Waals surface area contributed by atoms with Crippen molar-refractivity contribution >= 4 is 6.21 Å². The molecule has 1 rings (SSSR count). The average molecular weight is 165 g/mol. The van der Waals surface area contributed by atoms with E-state index in [1.807, 2.05) is 0 Å². The van der Waals surface area contributed by atoms with Gasteiger partial charge in [-0.2, -0.15) is 0 Å². The van der Waals surface area contributed by atoms with Crippen LogP contribution in [0.25, 0.3) is 0 Å². The molecular formula is C9H11NO2. The van der Waals surface area contributed by atoms with Crippen molar-refractivity contribution in [3.63, 3.8) is 0 Å². The van der Waals surface area contributed by atoms with Crippen molar-refractivity contribution in [1.82, 2.24) is 0 Å². The summed E-state index contributed by atoms with van der Waals surface area (Å²) in [4.78, 5) is 3.80. The van der Waals surface area contributed by atoms with Gasteiger partial charge in [0.2, 0.25) is 0 Å². The zero-order valence-electron chi connectivity index (χ0n) is 7.11. The van der Waals surface area contributed by atoms with Crippen LogP contribution in [0.5, 0.6) is 11.5 Å². The maximum Gasteiger partial charge on any atom is 0.124 e. The van der Waals surface area contributed by atoms with Gasteiger partial charge in [0.25, 0.3) is 0 Å². The van der Waals surface area contributed by atoms with Crippen molar-refractivity contribution in [2.75, 3.05) is 14.2 Å². The number of methoxy groups -OCH3 is 1. The predicted molar refractivity (Wildman–Crippen MR) is 48.2 cm³/mol. The molecule has 0 aliphatic rings. The number of rotatable bonds is 2. The Balaban J connectivity index is 3.08. The molecule has 3 heteroatoms. The van der Waals surface area contributed by atoms with Crippen LogP contribution in [0.3, 0.4) is 0 Å². The number of ether oxygens (including phenoxy) is 1. The Bertz CT molecular complexity index is 295. The highest BCUT2D eigenvalue weighted by Crippen LogP contribution is 2.20. The molecule has 0 bridgehead atoms. The third kappa shape index (κ3) is 1.75. The summed E-state index contributed by atoms with van der Waals surface area (Å²) in [6.45, 7) is 0. The molecule has 1 aromatic rings. The summed E-state index contributed by atoms with van der Waals surface area (Å²) in [5.74, 6) is 0.920. The minimum absolute atomic E-state index is 0.210. The SMILES string of the molecule is CN=Cc1cc(OC)ccc1O. The lowest BCUT2D eigenvalue weighted by molar-refractivity contribution is 0.412. The van der Waals surface area contributed by atoms with Gasteiger partial charge in [0.05, 0.1) is 7.11 Å². The molecule has 0 aliphatic carbocycles. The topological polar surface area (TPSA) is 41.8 Å². The van der Waals surface area contributed by atoms with E-state index in [1.165, 1.54) is 0 Å². The number of nitrogens with zero attached hydrogens (tertiary/aromatic N) is 1. The average Bonchev–Trinajstić information content (AvgIpc) is 2.09. The summed E-state index contributed by atoms with van der Waals surface area (Å²) in [7, 11) is 3.23. The highest BCUT2D eigenvalue weighted by atomic mass is 16.5. The molecule has 0 heterocycles. The standard InChI is InChI=1S/C9H11NO2/c1-10-6-7-5-8(12-2)3-4-9(7)11/h3-6,11H,1-2H3. The summed E-state index contributed by atoms with van der Waals surface area (Å²) in [5, 5.41) is 9.31. The summed E-state index contributed by atoms with van der Waals surface area (Å²) in [6.07, 6.45) is 1.58. The van der Waals surface area contributed by atoms with Gasteiger partial charge in [-0.05, 0) is 18.2 Å². The molecule has 1 aromatic carbocycles. The van der Waals surface area contributed by atoms with Crippen molar-refractivity contribution in [2.24, 2.45) is 4.99 Å². The first-order chi connectivity index (χ1) is 5.77. The number of hydrogen-bond donors (Lipinski definition) is 1. The van der Waals surface area contributed by atoms with Crippen LogP contribution in [-0.2, 0) is 0 Å². The number of aliphatic imine (C=N–C) groups is 1. The molecule has 64 valence electrons. The van der Waals surface area contributed by atoms with Gasteiger partial charge in [-0.15, -0.1) is 0 Å². The largest absolute Gasteiger partial charge is 0.507 e. The van der Waals surface area contributed by atoms with Crippen LogP contribution in [-0.4, -0.2) is 25.5 Å². The predicted octanol–water partition coefficient (Wildman–Crippen LogP) is 1.45. The third-order valence-electron chi connectivity index (χ3n) is 1.50. The molecule has 12 heavy (non-hydrogen) atoms. The van der Waals surface area contributed by atoms with Gasteiger partial charge in [0.1, 0.15) is 11.5 Å². The van der Waals surface area contributed by atoms with E-state index in [0.29, 0.717) is 11.3 Å². The van der Waals surface area contributed by atoms with Crippen LogP contribution in [0.2, 0.25) is 0 Å². The molecule has 0 fully saturated rings. The van der Waals surface area contributed by atoms with Crippen LogP contribution in [0.15, 0.2) is 23.2 Å². The van der Waals surface area contributed by atoms with Crippen molar-refractivity contribution in [3.05, 3.63) is 23.8 Å². The molecule has 0 aromatic heterocycles. The minimum atomic E-state index is 0.210. The molecule has 0 atom stereocenters. The van der Waals surface area contributed by atoms with Gasteiger partial charge in [-0.1, -0.05) is 0 Å². The molecule has 0 radical (unpaired) electrons. The summed E-state index contributed by atoms with van der Waals surface area (Å²) >= 11 is 0. The molecule has 0 spiro atoms. The Hall–Kier alpha value is -1.51. The van der Waals surface area contributed by atoms with Crippen LogP contribution >= 0.6 is 0 Å². The lowest BCUT2D eigenvalue weighted by atomic mass is 10.2. The molecular weight excluding hydrogens is 154 g/mol. The maximum atomic E-state index is 9.31. The number of aromatic hydroxyl groups is 1. The Kier molecular flexibility index (Phi) is 2.69. The van der Waals surface area contributed by atoms with E-state index in [-0.39, 0.29) is 5.75 Å². The Morgan fingerprint density at radius 3 is 2.83 bits per heavy atom. The second kappa shape index (κ2) is 3.76. The van der Waals surface area contributed by atoms with Crippen LogP contribution in [0.4, 0.5) is 0 Å². The molecule has 1 N–H and O–H groups in total. The van der Waals surface area contributed by atoms with E-state index in [9.17, 15) is 5.11 Å². The summed E-state index contributed by atoms with van der Waals surface area (Å²) in [5.41, 5.74) is 0.664.